The van der Waals surface area contributed by atoms with Gasteiger partial charge in [0.2, 0.25) is 0 Å². The van der Waals surface area contributed by atoms with E-state index < -0.39 is 17.5 Å². The van der Waals surface area contributed by atoms with Crippen LogP contribution in [-0.2, 0) is 11.9 Å². The van der Waals surface area contributed by atoms with Crippen LogP contribution in [-0.4, -0.2) is 5.91 Å². The summed E-state index contributed by atoms with van der Waals surface area (Å²) in [4.78, 5) is 11.8. The minimum absolute atomic E-state index is 0.261. The van der Waals surface area contributed by atoms with Gasteiger partial charge in [-0.1, -0.05) is 46.3 Å². The number of benzene rings is 2. The van der Waals surface area contributed by atoms with Crippen LogP contribution in [0, 0.1) is 11.6 Å². The van der Waals surface area contributed by atoms with Crippen molar-refractivity contribution in [1.29, 1.82) is 0 Å². The molecule has 0 spiro atoms. The molecule has 0 heterocycles. The number of hydrogen-bond acceptors (Lipinski definition) is 1. The molecule has 0 unspecified atom stereocenters. The highest BCUT2D eigenvalue weighted by Gasteiger charge is 2.14. The van der Waals surface area contributed by atoms with Gasteiger partial charge in [-0.05, 0) is 23.3 Å². The molecule has 104 valence electrons. The van der Waals surface area contributed by atoms with Gasteiger partial charge in [-0.2, -0.15) is 0 Å². The molecule has 1 N–H and O–H groups in total. The zero-order chi connectivity index (χ0) is 14.5. The van der Waals surface area contributed by atoms with Crippen LogP contribution in [0.2, 0.25) is 0 Å². The lowest BCUT2D eigenvalue weighted by molar-refractivity contribution is 0.0946. The first-order valence-corrected chi connectivity index (χ1v) is 7.10. The lowest BCUT2D eigenvalue weighted by Gasteiger charge is -2.07. The summed E-state index contributed by atoms with van der Waals surface area (Å²) in [5.74, 6) is -2.79. The Kier molecular flexibility index (Phi) is 4.84. The number of amides is 1. The number of hydrogen-bond donors (Lipinski definition) is 1. The molecule has 2 aromatic rings. The van der Waals surface area contributed by atoms with E-state index in [1.165, 1.54) is 12.1 Å². The van der Waals surface area contributed by atoms with Crippen molar-refractivity contribution in [1.82, 2.24) is 5.32 Å². The SMILES string of the molecule is O=C(NCc1ccc(CBr)cc1)c1cccc(F)c1F. The standard InChI is InChI=1S/C15H12BrF2NO/c16-8-10-4-6-11(7-5-10)9-19-15(20)12-2-1-3-13(17)14(12)18/h1-7H,8-9H2,(H,19,20). The van der Waals surface area contributed by atoms with Gasteiger partial charge in [-0.3, -0.25) is 4.79 Å². The summed E-state index contributed by atoms with van der Waals surface area (Å²) in [6.45, 7) is 0.261. The smallest absolute Gasteiger partial charge is 0.254 e. The zero-order valence-electron chi connectivity index (χ0n) is 10.5. The molecule has 0 saturated carbocycles. The third-order valence-corrected chi connectivity index (χ3v) is 3.47. The van der Waals surface area contributed by atoms with Crippen LogP contribution < -0.4 is 5.32 Å². The van der Waals surface area contributed by atoms with E-state index in [2.05, 4.69) is 21.2 Å². The highest BCUT2D eigenvalue weighted by Crippen LogP contribution is 2.12. The highest BCUT2D eigenvalue weighted by molar-refractivity contribution is 9.08. The van der Waals surface area contributed by atoms with Crippen LogP contribution >= 0.6 is 15.9 Å². The molecule has 0 aliphatic rings. The maximum Gasteiger partial charge on any atom is 0.254 e. The number of halogens is 3. The molecule has 0 aliphatic carbocycles. The number of rotatable bonds is 4. The highest BCUT2D eigenvalue weighted by atomic mass is 79.9. The van der Waals surface area contributed by atoms with Crippen LogP contribution in [0.5, 0.6) is 0 Å². The zero-order valence-corrected chi connectivity index (χ0v) is 12.1. The first-order valence-electron chi connectivity index (χ1n) is 5.98. The van der Waals surface area contributed by atoms with Gasteiger partial charge in [0.1, 0.15) is 0 Å². The summed E-state index contributed by atoms with van der Waals surface area (Å²) in [6.07, 6.45) is 0. The molecule has 2 rings (SSSR count). The first kappa shape index (κ1) is 14.7. The Morgan fingerprint density at radius 2 is 1.70 bits per heavy atom. The van der Waals surface area contributed by atoms with Crippen molar-refractivity contribution in [2.45, 2.75) is 11.9 Å². The fraction of sp³-hybridized carbons (Fsp3) is 0.133. The summed E-state index contributed by atoms with van der Waals surface area (Å²) in [7, 11) is 0. The Hall–Kier alpha value is -1.75. The van der Waals surface area contributed by atoms with Gasteiger partial charge in [0.15, 0.2) is 11.6 Å². The van der Waals surface area contributed by atoms with Crippen LogP contribution in [0.15, 0.2) is 42.5 Å². The monoisotopic (exact) mass is 339 g/mol. The van der Waals surface area contributed by atoms with Crippen molar-refractivity contribution in [2.75, 3.05) is 0 Å². The average Bonchev–Trinajstić information content (AvgIpc) is 2.48. The third kappa shape index (κ3) is 3.42. The molecule has 0 radical (unpaired) electrons. The molecule has 5 heteroatoms. The van der Waals surface area contributed by atoms with Crippen molar-refractivity contribution >= 4 is 21.8 Å². The Balaban J connectivity index is 2.02. The van der Waals surface area contributed by atoms with Gasteiger partial charge in [-0.15, -0.1) is 0 Å². The second kappa shape index (κ2) is 6.61. The van der Waals surface area contributed by atoms with Crippen molar-refractivity contribution < 1.29 is 13.6 Å². The Morgan fingerprint density at radius 1 is 1.05 bits per heavy atom. The molecule has 20 heavy (non-hydrogen) atoms. The van der Waals surface area contributed by atoms with Crippen LogP contribution in [0.3, 0.4) is 0 Å². The molecule has 0 bridgehead atoms. The molecular formula is C15H12BrF2NO. The number of carbonyl (C=O) groups is 1. The molecular weight excluding hydrogens is 328 g/mol. The molecule has 0 fully saturated rings. The Morgan fingerprint density at radius 3 is 2.35 bits per heavy atom. The predicted octanol–water partition coefficient (Wildman–Crippen LogP) is 3.79. The van der Waals surface area contributed by atoms with Gasteiger partial charge < -0.3 is 5.32 Å². The van der Waals surface area contributed by atoms with Crippen LogP contribution in [0.25, 0.3) is 0 Å². The van der Waals surface area contributed by atoms with E-state index in [-0.39, 0.29) is 12.1 Å². The summed E-state index contributed by atoms with van der Waals surface area (Å²) in [6, 6.07) is 11.1. The summed E-state index contributed by atoms with van der Waals surface area (Å²) >= 11 is 3.34. The van der Waals surface area contributed by atoms with E-state index in [4.69, 9.17) is 0 Å². The molecule has 0 saturated heterocycles. The van der Waals surface area contributed by atoms with E-state index in [9.17, 15) is 13.6 Å². The molecule has 2 nitrogen and oxygen atoms in total. The predicted molar refractivity (Wildman–Crippen MR) is 76.6 cm³/mol. The van der Waals surface area contributed by atoms with E-state index >= 15 is 0 Å². The fourth-order valence-electron chi connectivity index (χ4n) is 1.70. The van der Waals surface area contributed by atoms with Crippen molar-refractivity contribution in [2.24, 2.45) is 0 Å². The molecule has 0 atom stereocenters. The lowest BCUT2D eigenvalue weighted by Crippen LogP contribution is -2.24. The minimum Gasteiger partial charge on any atom is -0.348 e. The molecule has 1 amide bonds. The van der Waals surface area contributed by atoms with Gasteiger partial charge in [-0.25, -0.2) is 8.78 Å². The van der Waals surface area contributed by atoms with Gasteiger partial charge in [0, 0.05) is 11.9 Å². The van der Waals surface area contributed by atoms with Crippen molar-refractivity contribution in [3.63, 3.8) is 0 Å². The average molecular weight is 340 g/mol. The second-order valence-corrected chi connectivity index (χ2v) is 4.79. The van der Waals surface area contributed by atoms with Gasteiger partial charge in [0.25, 0.3) is 5.91 Å². The van der Waals surface area contributed by atoms with E-state index in [0.29, 0.717) is 0 Å². The third-order valence-electron chi connectivity index (χ3n) is 2.83. The number of alkyl halides is 1. The van der Waals surface area contributed by atoms with E-state index in [1.54, 1.807) is 0 Å². The second-order valence-electron chi connectivity index (χ2n) is 4.23. The van der Waals surface area contributed by atoms with Gasteiger partial charge in [0.05, 0.1) is 5.56 Å². The minimum atomic E-state index is -1.13. The Labute approximate surface area is 123 Å². The largest absolute Gasteiger partial charge is 0.348 e. The molecule has 2 aromatic carbocycles. The topological polar surface area (TPSA) is 29.1 Å². The summed E-state index contributed by atoms with van der Waals surface area (Å²) in [5, 5.41) is 3.32. The van der Waals surface area contributed by atoms with Crippen molar-refractivity contribution in [3.8, 4) is 0 Å². The quantitative estimate of drug-likeness (QED) is 0.843. The maximum absolute atomic E-state index is 13.4. The van der Waals surface area contributed by atoms with Crippen LogP contribution in [0.4, 0.5) is 8.78 Å². The number of carbonyl (C=O) groups excluding carboxylic acids is 1. The summed E-state index contributed by atoms with van der Waals surface area (Å²) in [5.41, 5.74) is 1.72. The maximum atomic E-state index is 13.4. The lowest BCUT2D eigenvalue weighted by atomic mass is 10.1. The molecule has 0 aromatic heterocycles. The van der Waals surface area contributed by atoms with Crippen LogP contribution in [0.1, 0.15) is 21.5 Å². The van der Waals surface area contributed by atoms with E-state index in [0.717, 1.165) is 22.5 Å². The first-order chi connectivity index (χ1) is 9.61. The molecule has 0 aliphatic heterocycles. The normalized spacial score (nSPS) is 10.3. The fourth-order valence-corrected chi connectivity index (χ4v) is 2.08. The van der Waals surface area contributed by atoms with Gasteiger partial charge >= 0.3 is 0 Å². The Bertz CT molecular complexity index is 614. The summed E-state index contributed by atoms with van der Waals surface area (Å²) < 4.78 is 26.5. The van der Waals surface area contributed by atoms with Crippen molar-refractivity contribution in [3.05, 3.63) is 70.8 Å². The number of nitrogens with one attached hydrogen (secondary N) is 1. The van der Waals surface area contributed by atoms with E-state index in [1.807, 2.05) is 24.3 Å².